The first-order valence-electron chi connectivity index (χ1n) is 5.62. The van der Waals surface area contributed by atoms with Crippen LogP contribution >= 0.6 is 11.5 Å². The van der Waals surface area contributed by atoms with Crippen molar-refractivity contribution >= 4 is 11.5 Å². The van der Waals surface area contributed by atoms with Crippen molar-refractivity contribution in [1.82, 2.24) is 9.69 Å². The van der Waals surface area contributed by atoms with Gasteiger partial charge in [0.25, 0.3) is 0 Å². The minimum atomic E-state index is 0.352. The average Bonchev–Trinajstić information content (AvgIpc) is 2.77. The summed E-state index contributed by atoms with van der Waals surface area (Å²) in [5.41, 5.74) is 0. The molecule has 0 aliphatic carbocycles. The molecule has 0 saturated carbocycles. The second-order valence-electron chi connectivity index (χ2n) is 3.73. The summed E-state index contributed by atoms with van der Waals surface area (Å²) in [6.45, 7) is 6.90. The van der Waals surface area contributed by atoms with E-state index in [1.165, 1.54) is 29.3 Å². The number of methoxy groups -OCH3 is 1. The first-order valence-corrected chi connectivity index (χ1v) is 6.40. The molecule has 1 N–H and O–H groups in total. The fraction of sp³-hybridized carbons (Fsp3) is 0.583. The summed E-state index contributed by atoms with van der Waals surface area (Å²) in [6.07, 6.45) is 5.46. The van der Waals surface area contributed by atoms with E-state index in [1.54, 1.807) is 7.11 Å². The smallest absolute Gasteiger partial charge is 0.225 e. The molecule has 90 valence electrons. The quantitative estimate of drug-likeness (QED) is 0.560. The number of nitrogens with one attached hydrogen (secondary N) is 1. The molecule has 0 fully saturated rings. The van der Waals surface area contributed by atoms with Crippen molar-refractivity contribution in [2.45, 2.75) is 32.2 Å². The summed E-state index contributed by atoms with van der Waals surface area (Å²) >= 11 is 1.50. The topological polar surface area (TPSA) is 34.1 Å². The van der Waals surface area contributed by atoms with E-state index in [0.717, 1.165) is 13.0 Å². The van der Waals surface area contributed by atoms with Gasteiger partial charge in [0, 0.05) is 17.0 Å². The summed E-state index contributed by atoms with van der Waals surface area (Å²) in [5, 5.41) is 3.48. The van der Waals surface area contributed by atoms with E-state index in [-0.39, 0.29) is 0 Å². The fourth-order valence-corrected chi connectivity index (χ4v) is 2.12. The monoisotopic (exact) mass is 240 g/mol. The Labute approximate surface area is 102 Å². The van der Waals surface area contributed by atoms with Crippen molar-refractivity contribution in [1.29, 1.82) is 0 Å². The zero-order valence-electron chi connectivity index (χ0n) is 10.0. The number of unbranched alkanes of at least 4 members (excludes halogenated alkanes) is 2. The molecule has 4 heteroatoms. The van der Waals surface area contributed by atoms with Crippen LogP contribution in [0, 0.1) is 0 Å². The second-order valence-corrected chi connectivity index (χ2v) is 4.57. The Morgan fingerprint density at radius 1 is 1.62 bits per heavy atom. The van der Waals surface area contributed by atoms with Crippen LogP contribution in [0.2, 0.25) is 0 Å². The summed E-state index contributed by atoms with van der Waals surface area (Å²) < 4.78 is 9.24. The van der Waals surface area contributed by atoms with Crippen LogP contribution in [-0.2, 0) is 0 Å². The predicted molar refractivity (Wildman–Crippen MR) is 69.1 cm³/mol. The van der Waals surface area contributed by atoms with Crippen LogP contribution in [0.4, 0.5) is 0 Å². The van der Waals surface area contributed by atoms with Gasteiger partial charge in [0.1, 0.15) is 0 Å². The number of rotatable bonds is 8. The van der Waals surface area contributed by atoms with Crippen molar-refractivity contribution in [3.8, 4) is 5.88 Å². The lowest BCUT2D eigenvalue weighted by molar-refractivity contribution is 0.402. The third-order valence-corrected chi connectivity index (χ3v) is 3.38. The number of aromatic nitrogens is 1. The van der Waals surface area contributed by atoms with Crippen LogP contribution < -0.4 is 10.1 Å². The predicted octanol–water partition coefficient (Wildman–Crippen LogP) is 3.16. The highest BCUT2D eigenvalue weighted by molar-refractivity contribution is 7.06. The summed E-state index contributed by atoms with van der Waals surface area (Å²) in [6, 6.07) is 2.34. The number of allylic oxidation sites excluding steroid dienone is 1. The normalized spacial score (nSPS) is 12.4. The Balaban J connectivity index is 2.23. The first kappa shape index (κ1) is 13.2. The van der Waals surface area contributed by atoms with Crippen molar-refractivity contribution in [2.75, 3.05) is 13.7 Å². The minimum absolute atomic E-state index is 0.352. The van der Waals surface area contributed by atoms with E-state index < -0.39 is 0 Å². The third kappa shape index (κ3) is 4.33. The maximum atomic E-state index is 5.06. The van der Waals surface area contributed by atoms with E-state index in [1.807, 2.05) is 12.1 Å². The highest BCUT2D eigenvalue weighted by Crippen LogP contribution is 2.22. The second kappa shape index (κ2) is 7.41. The summed E-state index contributed by atoms with van der Waals surface area (Å²) in [7, 11) is 1.65. The van der Waals surface area contributed by atoms with Crippen molar-refractivity contribution in [3.63, 3.8) is 0 Å². The van der Waals surface area contributed by atoms with E-state index in [4.69, 9.17) is 4.74 Å². The largest absolute Gasteiger partial charge is 0.480 e. The minimum Gasteiger partial charge on any atom is -0.480 e. The average molecular weight is 240 g/mol. The molecular formula is C12H20N2OS. The zero-order chi connectivity index (χ0) is 11.8. The molecule has 1 aromatic rings. The van der Waals surface area contributed by atoms with Crippen molar-refractivity contribution < 1.29 is 4.74 Å². The summed E-state index contributed by atoms with van der Waals surface area (Å²) in [5.74, 6) is 0.709. The molecule has 0 saturated heterocycles. The molecule has 3 nitrogen and oxygen atoms in total. The van der Waals surface area contributed by atoms with Crippen molar-refractivity contribution in [2.24, 2.45) is 0 Å². The molecule has 0 aliphatic heterocycles. The Bertz CT molecular complexity index is 312. The maximum Gasteiger partial charge on any atom is 0.225 e. The molecule has 1 atom stereocenters. The molecule has 1 aromatic heterocycles. The molecule has 0 radical (unpaired) electrons. The third-order valence-electron chi connectivity index (χ3n) is 2.43. The highest BCUT2D eigenvalue weighted by atomic mass is 32.1. The molecule has 1 rings (SSSR count). The lowest BCUT2D eigenvalue weighted by atomic mass is 10.2. The number of nitrogens with zero attached hydrogens (tertiary/aromatic N) is 1. The molecule has 0 spiro atoms. The molecule has 0 bridgehead atoms. The highest BCUT2D eigenvalue weighted by Gasteiger charge is 2.08. The molecule has 0 aliphatic rings. The molecular weight excluding hydrogens is 220 g/mol. The van der Waals surface area contributed by atoms with E-state index in [0.29, 0.717) is 11.9 Å². The molecule has 1 unspecified atom stereocenters. The number of hydrogen-bond donors (Lipinski definition) is 1. The van der Waals surface area contributed by atoms with Crippen molar-refractivity contribution in [3.05, 3.63) is 23.6 Å². The lowest BCUT2D eigenvalue weighted by Crippen LogP contribution is -2.18. The van der Waals surface area contributed by atoms with Crippen LogP contribution in [0.15, 0.2) is 18.7 Å². The van der Waals surface area contributed by atoms with Crippen LogP contribution in [0.5, 0.6) is 5.88 Å². The first-order chi connectivity index (χ1) is 7.77. The van der Waals surface area contributed by atoms with Crippen LogP contribution in [-0.4, -0.2) is 18.0 Å². The SMILES string of the molecule is C=CCCCCNC(C)c1cc(OC)ns1. The van der Waals surface area contributed by atoms with E-state index in [9.17, 15) is 0 Å². The van der Waals surface area contributed by atoms with Crippen LogP contribution in [0.3, 0.4) is 0 Å². The van der Waals surface area contributed by atoms with Gasteiger partial charge in [-0.25, -0.2) is 0 Å². The Morgan fingerprint density at radius 3 is 3.06 bits per heavy atom. The molecule has 16 heavy (non-hydrogen) atoms. The van der Waals surface area contributed by atoms with Crippen LogP contribution in [0.25, 0.3) is 0 Å². The van der Waals surface area contributed by atoms with Gasteiger partial charge in [-0.1, -0.05) is 6.08 Å². The van der Waals surface area contributed by atoms with Gasteiger partial charge in [-0.15, -0.1) is 6.58 Å². The Hall–Kier alpha value is -0.870. The van der Waals surface area contributed by atoms with E-state index >= 15 is 0 Å². The zero-order valence-corrected chi connectivity index (χ0v) is 10.8. The van der Waals surface area contributed by atoms with Gasteiger partial charge in [-0.3, -0.25) is 0 Å². The Kier molecular flexibility index (Phi) is 6.11. The van der Waals surface area contributed by atoms with Gasteiger partial charge in [0.15, 0.2) is 0 Å². The van der Waals surface area contributed by atoms with Gasteiger partial charge in [0.05, 0.1) is 7.11 Å². The Morgan fingerprint density at radius 2 is 2.44 bits per heavy atom. The maximum absolute atomic E-state index is 5.06. The fourth-order valence-electron chi connectivity index (χ4n) is 1.41. The molecule has 0 amide bonds. The number of ether oxygens (including phenoxy) is 1. The van der Waals surface area contributed by atoms with Crippen LogP contribution in [0.1, 0.15) is 37.1 Å². The van der Waals surface area contributed by atoms with E-state index in [2.05, 4.69) is 23.2 Å². The number of hydrogen-bond acceptors (Lipinski definition) is 4. The standard InChI is InChI=1S/C12H20N2OS/c1-4-5-6-7-8-13-10(2)11-9-12(15-3)14-16-11/h4,9-10,13H,1,5-8H2,2-3H3. The van der Waals surface area contributed by atoms with Gasteiger partial charge in [0.2, 0.25) is 5.88 Å². The van der Waals surface area contributed by atoms with Gasteiger partial charge in [-0.05, 0) is 44.3 Å². The molecule has 0 aromatic carbocycles. The lowest BCUT2D eigenvalue weighted by Gasteiger charge is -2.10. The van der Waals surface area contributed by atoms with Gasteiger partial charge in [-0.2, -0.15) is 4.37 Å². The summed E-state index contributed by atoms with van der Waals surface area (Å²) in [4.78, 5) is 1.22. The van der Waals surface area contributed by atoms with Gasteiger partial charge < -0.3 is 10.1 Å². The molecule has 1 heterocycles. The van der Waals surface area contributed by atoms with Gasteiger partial charge >= 0.3 is 0 Å².